The van der Waals surface area contributed by atoms with Crippen LogP contribution in [0.15, 0.2) is 29.2 Å². The second kappa shape index (κ2) is 6.55. The number of rotatable bonds is 5. The van der Waals surface area contributed by atoms with Crippen molar-refractivity contribution in [3.05, 3.63) is 29.8 Å². The predicted molar refractivity (Wildman–Crippen MR) is 81.4 cm³/mol. The molecule has 0 bridgehead atoms. The number of nitrogens with two attached hydrogens (primary N) is 1. The molecule has 116 valence electrons. The Kier molecular flexibility index (Phi) is 4.97. The van der Waals surface area contributed by atoms with Gasteiger partial charge in [0.15, 0.2) is 9.84 Å². The molecule has 0 spiro atoms. The van der Waals surface area contributed by atoms with Crippen LogP contribution in [-0.2, 0) is 14.6 Å². The van der Waals surface area contributed by atoms with Crippen LogP contribution in [0.4, 0.5) is 0 Å². The number of nitrogen functional groups attached to an aromatic ring is 1. The highest BCUT2D eigenvalue weighted by atomic mass is 32.2. The summed E-state index contributed by atoms with van der Waals surface area (Å²) in [6, 6.07) is 6.14. The highest BCUT2D eigenvalue weighted by molar-refractivity contribution is 7.91. The largest absolute Gasteiger partial charge is 0.384 e. The number of ether oxygens (including phenoxy) is 1. The maximum Gasteiger partial charge on any atom is 0.179 e. The van der Waals surface area contributed by atoms with Crippen molar-refractivity contribution in [2.45, 2.75) is 17.9 Å². The van der Waals surface area contributed by atoms with Crippen LogP contribution in [0.25, 0.3) is 0 Å². The molecule has 0 aromatic heterocycles. The lowest BCUT2D eigenvalue weighted by atomic mass is 10.2. The summed E-state index contributed by atoms with van der Waals surface area (Å²) >= 11 is 0. The van der Waals surface area contributed by atoms with Crippen molar-refractivity contribution >= 4 is 15.7 Å². The van der Waals surface area contributed by atoms with Gasteiger partial charge in [-0.1, -0.05) is 12.1 Å². The van der Waals surface area contributed by atoms with Gasteiger partial charge in [-0.2, -0.15) is 0 Å². The minimum Gasteiger partial charge on any atom is -0.384 e. The first-order valence-corrected chi connectivity index (χ1v) is 8.55. The molecule has 0 amide bonds. The standard InChI is InChI=1S/C14H21N3O3S/c1-11-10-17(6-8-20-11)7-9-21(18,19)13-4-2-12(3-5-13)14(15)16/h2-5,11H,6-10H2,1H3,(H3,15,16). The summed E-state index contributed by atoms with van der Waals surface area (Å²) < 4.78 is 30.0. The molecule has 2 rings (SSSR count). The quantitative estimate of drug-likeness (QED) is 0.608. The maximum absolute atomic E-state index is 12.3. The van der Waals surface area contributed by atoms with Gasteiger partial charge in [-0.15, -0.1) is 0 Å². The van der Waals surface area contributed by atoms with E-state index in [4.69, 9.17) is 15.9 Å². The number of nitrogens with one attached hydrogen (secondary N) is 1. The minimum absolute atomic E-state index is 0.0683. The number of morpholine rings is 1. The van der Waals surface area contributed by atoms with Gasteiger partial charge in [0.25, 0.3) is 0 Å². The zero-order valence-electron chi connectivity index (χ0n) is 12.1. The van der Waals surface area contributed by atoms with E-state index in [9.17, 15) is 8.42 Å². The lowest BCUT2D eigenvalue weighted by Gasteiger charge is -2.30. The normalized spacial score (nSPS) is 20.3. The molecule has 1 heterocycles. The first-order chi connectivity index (χ1) is 9.88. The summed E-state index contributed by atoms with van der Waals surface area (Å²) in [5.41, 5.74) is 5.88. The van der Waals surface area contributed by atoms with Crippen molar-refractivity contribution in [2.75, 3.05) is 32.0 Å². The molecule has 1 saturated heterocycles. The van der Waals surface area contributed by atoms with Gasteiger partial charge >= 0.3 is 0 Å². The lowest BCUT2D eigenvalue weighted by molar-refractivity contribution is -0.0160. The van der Waals surface area contributed by atoms with Crippen LogP contribution < -0.4 is 5.73 Å². The first kappa shape index (κ1) is 15.9. The zero-order chi connectivity index (χ0) is 15.5. The van der Waals surface area contributed by atoms with E-state index in [0.717, 1.165) is 13.1 Å². The Morgan fingerprint density at radius 2 is 2.10 bits per heavy atom. The Morgan fingerprint density at radius 3 is 2.67 bits per heavy atom. The van der Waals surface area contributed by atoms with Gasteiger partial charge in [0.1, 0.15) is 5.84 Å². The van der Waals surface area contributed by atoms with Gasteiger partial charge in [-0.05, 0) is 19.1 Å². The van der Waals surface area contributed by atoms with E-state index in [1.807, 2.05) is 6.92 Å². The second-order valence-corrected chi connectivity index (χ2v) is 7.35. The van der Waals surface area contributed by atoms with Crippen LogP contribution in [0, 0.1) is 5.41 Å². The third kappa shape index (κ3) is 4.26. The molecule has 0 saturated carbocycles. The fraction of sp³-hybridized carbons (Fsp3) is 0.500. The topological polar surface area (TPSA) is 96.5 Å². The third-order valence-electron chi connectivity index (χ3n) is 3.53. The van der Waals surface area contributed by atoms with E-state index >= 15 is 0 Å². The van der Waals surface area contributed by atoms with Crippen molar-refractivity contribution in [3.63, 3.8) is 0 Å². The van der Waals surface area contributed by atoms with Crippen LogP contribution in [0.5, 0.6) is 0 Å². The molecule has 6 nitrogen and oxygen atoms in total. The van der Waals surface area contributed by atoms with E-state index in [1.165, 1.54) is 12.1 Å². The molecule has 0 aliphatic carbocycles. The summed E-state index contributed by atoms with van der Waals surface area (Å²) in [7, 11) is -3.31. The van der Waals surface area contributed by atoms with Crippen LogP contribution in [0.3, 0.4) is 0 Å². The molecule has 1 unspecified atom stereocenters. The monoisotopic (exact) mass is 311 g/mol. The minimum atomic E-state index is -3.31. The number of benzene rings is 1. The summed E-state index contributed by atoms with van der Waals surface area (Å²) in [4.78, 5) is 2.38. The molecule has 1 aromatic carbocycles. The van der Waals surface area contributed by atoms with Gasteiger partial charge in [-0.25, -0.2) is 8.42 Å². The third-order valence-corrected chi connectivity index (χ3v) is 5.24. The summed E-state index contributed by atoms with van der Waals surface area (Å²) in [5.74, 6) is 0.0142. The van der Waals surface area contributed by atoms with Crippen LogP contribution in [0.2, 0.25) is 0 Å². The number of hydrogen-bond donors (Lipinski definition) is 2. The highest BCUT2D eigenvalue weighted by Crippen LogP contribution is 2.13. The fourth-order valence-corrected chi connectivity index (χ4v) is 3.59. The first-order valence-electron chi connectivity index (χ1n) is 6.89. The van der Waals surface area contributed by atoms with E-state index in [0.29, 0.717) is 18.7 Å². The van der Waals surface area contributed by atoms with Gasteiger partial charge < -0.3 is 10.5 Å². The van der Waals surface area contributed by atoms with Gasteiger partial charge in [0.05, 0.1) is 23.4 Å². The fourth-order valence-electron chi connectivity index (χ4n) is 2.30. The average molecular weight is 311 g/mol. The zero-order valence-corrected chi connectivity index (χ0v) is 12.9. The molecule has 1 fully saturated rings. The predicted octanol–water partition coefficient (Wildman–Crippen LogP) is 0.465. The Bertz CT molecular complexity index is 598. The molecule has 21 heavy (non-hydrogen) atoms. The van der Waals surface area contributed by atoms with Crippen LogP contribution >= 0.6 is 0 Å². The molecule has 1 aliphatic rings. The van der Waals surface area contributed by atoms with Crippen molar-refractivity contribution in [1.29, 1.82) is 5.41 Å². The van der Waals surface area contributed by atoms with Gasteiger partial charge in [0.2, 0.25) is 0 Å². The smallest absolute Gasteiger partial charge is 0.179 e. The Balaban J connectivity index is 1.99. The summed E-state index contributed by atoms with van der Waals surface area (Å²) in [6.45, 7) is 4.67. The van der Waals surface area contributed by atoms with E-state index in [2.05, 4.69) is 4.90 Å². The summed E-state index contributed by atoms with van der Waals surface area (Å²) in [6.07, 6.45) is 0.149. The van der Waals surface area contributed by atoms with Gasteiger partial charge in [-0.3, -0.25) is 10.3 Å². The number of sulfone groups is 1. The lowest BCUT2D eigenvalue weighted by Crippen LogP contribution is -2.43. The number of amidine groups is 1. The molecular weight excluding hydrogens is 290 g/mol. The van der Waals surface area contributed by atoms with Crippen LogP contribution in [-0.4, -0.2) is 57.3 Å². The van der Waals surface area contributed by atoms with Crippen molar-refractivity contribution in [3.8, 4) is 0 Å². The van der Waals surface area contributed by atoms with Gasteiger partial charge in [0, 0.05) is 25.2 Å². The van der Waals surface area contributed by atoms with E-state index < -0.39 is 9.84 Å². The Labute approximate surface area is 125 Å². The SMILES string of the molecule is CC1CN(CCS(=O)(=O)c2ccc(C(=N)N)cc2)CCO1. The van der Waals surface area contributed by atoms with Crippen molar-refractivity contribution in [1.82, 2.24) is 4.90 Å². The molecular formula is C14H21N3O3S. The Hall–Kier alpha value is -1.44. The molecule has 1 aliphatic heterocycles. The van der Waals surface area contributed by atoms with E-state index in [1.54, 1.807) is 12.1 Å². The van der Waals surface area contributed by atoms with E-state index in [-0.39, 0.29) is 22.6 Å². The summed E-state index contributed by atoms with van der Waals surface area (Å²) in [5, 5.41) is 7.31. The van der Waals surface area contributed by atoms with Crippen LogP contribution in [0.1, 0.15) is 12.5 Å². The van der Waals surface area contributed by atoms with Crippen molar-refractivity contribution in [2.24, 2.45) is 5.73 Å². The molecule has 0 radical (unpaired) electrons. The highest BCUT2D eigenvalue weighted by Gasteiger charge is 2.20. The van der Waals surface area contributed by atoms with Crippen molar-refractivity contribution < 1.29 is 13.2 Å². The Morgan fingerprint density at radius 1 is 1.43 bits per heavy atom. The maximum atomic E-state index is 12.3. The molecule has 1 aromatic rings. The number of nitrogens with zero attached hydrogens (tertiary/aromatic N) is 1. The molecule has 7 heteroatoms. The molecule has 1 atom stereocenters. The average Bonchev–Trinajstić information content (AvgIpc) is 2.45. The second-order valence-electron chi connectivity index (χ2n) is 5.24. The molecule has 3 N–H and O–H groups in total. The number of hydrogen-bond acceptors (Lipinski definition) is 5.